The van der Waals surface area contributed by atoms with Gasteiger partial charge in [0, 0.05) is 5.92 Å². The highest BCUT2D eigenvalue weighted by Gasteiger charge is 2.26. The Hall–Kier alpha value is -2.08. The van der Waals surface area contributed by atoms with E-state index in [9.17, 15) is 0 Å². The van der Waals surface area contributed by atoms with E-state index >= 15 is 0 Å². The first kappa shape index (κ1) is 9.90. The van der Waals surface area contributed by atoms with E-state index in [4.69, 9.17) is 0 Å². The zero-order chi connectivity index (χ0) is 12.1. The smallest absolute Gasteiger partial charge is 0.00735 e. The van der Waals surface area contributed by atoms with Crippen LogP contribution >= 0.6 is 0 Å². The molecule has 1 aliphatic rings. The van der Waals surface area contributed by atoms with Crippen LogP contribution in [0.4, 0.5) is 0 Å². The van der Waals surface area contributed by atoms with Crippen molar-refractivity contribution in [1.29, 1.82) is 0 Å². The van der Waals surface area contributed by atoms with Crippen molar-refractivity contribution >= 4 is 10.8 Å². The lowest BCUT2D eigenvalue weighted by Gasteiger charge is -2.08. The maximum absolute atomic E-state index is 2.30. The molecule has 3 aromatic rings. The SMILES string of the molecule is CC1c2ccccc2-c2c1ccc1ccccc21. The Labute approximate surface area is 107 Å². The fourth-order valence-corrected chi connectivity index (χ4v) is 3.22. The molecule has 0 nitrogen and oxygen atoms in total. The molecule has 0 saturated heterocycles. The lowest BCUT2D eigenvalue weighted by Crippen LogP contribution is -1.88. The van der Waals surface area contributed by atoms with Crippen LogP contribution in [0.3, 0.4) is 0 Å². The van der Waals surface area contributed by atoms with Crippen LogP contribution in [0.15, 0.2) is 60.7 Å². The third kappa shape index (κ3) is 1.15. The molecule has 0 N–H and O–H groups in total. The van der Waals surface area contributed by atoms with Crippen molar-refractivity contribution < 1.29 is 0 Å². The van der Waals surface area contributed by atoms with Gasteiger partial charge >= 0.3 is 0 Å². The summed E-state index contributed by atoms with van der Waals surface area (Å²) in [5.41, 5.74) is 5.78. The van der Waals surface area contributed by atoms with Crippen LogP contribution in [0.1, 0.15) is 24.0 Å². The van der Waals surface area contributed by atoms with Crippen molar-refractivity contribution in [3.8, 4) is 11.1 Å². The Morgan fingerprint density at radius 3 is 2.44 bits per heavy atom. The van der Waals surface area contributed by atoms with Gasteiger partial charge in [-0.3, -0.25) is 0 Å². The van der Waals surface area contributed by atoms with E-state index in [0.29, 0.717) is 5.92 Å². The van der Waals surface area contributed by atoms with Gasteiger partial charge in [-0.2, -0.15) is 0 Å². The van der Waals surface area contributed by atoms with Crippen LogP contribution in [-0.4, -0.2) is 0 Å². The van der Waals surface area contributed by atoms with Crippen LogP contribution in [0.5, 0.6) is 0 Å². The largest absolute Gasteiger partial charge is 0.0619 e. The highest BCUT2D eigenvalue weighted by atomic mass is 14.3. The second-order valence-corrected chi connectivity index (χ2v) is 5.06. The summed E-state index contributed by atoms with van der Waals surface area (Å²) in [6.45, 7) is 2.30. The lowest BCUT2D eigenvalue weighted by molar-refractivity contribution is 0.958. The summed E-state index contributed by atoms with van der Waals surface area (Å²) >= 11 is 0. The van der Waals surface area contributed by atoms with Gasteiger partial charge in [0.1, 0.15) is 0 Å². The van der Waals surface area contributed by atoms with Gasteiger partial charge in [-0.05, 0) is 33.0 Å². The van der Waals surface area contributed by atoms with E-state index in [-0.39, 0.29) is 0 Å². The second-order valence-electron chi connectivity index (χ2n) is 5.06. The Morgan fingerprint density at radius 1 is 0.722 bits per heavy atom. The van der Waals surface area contributed by atoms with E-state index in [1.54, 1.807) is 0 Å². The van der Waals surface area contributed by atoms with Gasteiger partial charge < -0.3 is 0 Å². The molecular formula is C18H14. The predicted octanol–water partition coefficient (Wildman–Crippen LogP) is 4.97. The van der Waals surface area contributed by atoms with Crippen molar-refractivity contribution in [2.24, 2.45) is 0 Å². The van der Waals surface area contributed by atoms with Crippen molar-refractivity contribution in [2.75, 3.05) is 0 Å². The van der Waals surface area contributed by atoms with Gasteiger partial charge in [0.25, 0.3) is 0 Å². The van der Waals surface area contributed by atoms with E-state index < -0.39 is 0 Å². The van der Waals surface area contributed by atoms with Gasteiger partial charge in [-0.15, -0.1) is 0 Å². The standard InChI is InChI=1S/C18H14/c1-12-14-7-4-5-9-17(14)18-15(12)11-10-13-6-2-3-8-16(13)18/h2-12H,1H3. The predicted molar refractivity (Wildman–Crippen MR) is 76.9 cm³/mol. The van der Waals surface area contributed by atoms with Crippen LogP contribution in [0, 0.1) is 0 Å². The fraction of sp³-hybridized carbons (Fsp3) is 0.111. The summed E-state index contributed by atoms with van der Waals surface area (Å²) in [5.74, 6) is 0.515. The first-order chi connectivity index (χ1) is 8.86. The zero-order valence-electron chi connectivity index (χ0n) is 10.4. The van der Waals surface area contributed by atoms with Crippen molar-refractivity contribution in [3.63, 3.8) is 0 Å². The van der Waals surface area contributed by atoms with Crippen LogP contribution in [-0.2, 0) is 0 Å². The first-order valence-corrected chi connectivity index (χ1v) is 6.47. The van der Waals surface area contributed by atoms with Crippen molar-refractivity contribution in [1.82, 2.24) is 0 Å². The molecule has 86 valence electrons. The maximum Gasteiger partial charge on any atom is 0.00735 e. The molecule has 1 aliphatic carbocycles. The first-order valence-electron chi connectivity index (χ1n) is 6.47. The van der Waals surface area contributed by atoms with Gasteiger partial charge in [-0.25, -0.2) is 0 Å². The Bertz CT molecular complexity index is 753. The molecule has 0 aliphatic heterocycles. The summed E-state index contributed by atoms with van der Waals surface area (Å²) in [5, 5.41) is 2.71. The molecule has 0 aromatic heterocycles. The van der Waals surface area contributed by atoms with Crippen LogP contribution in [0.2, 0.25) is 0 Å². The minimum absolute atomic E-state index is 0.515. The summed E-state index contributed by atoms with van der Waals surface area (Å²) in [6.07, 6.45) is 0. The minimum Gasteiger partial charge on any atom is -0.0619 e. The third-order valence-electron chi connectivity index (χ3n) is 4.12. The zero-order valence-corrected chi connectivity index (χ0v) is 10.4. The van der Waals surface area contributed by atoms with Gasteiger partial charge in [-0.1, -0.05) is 67.6 Å². The van der Waals surface area contributed by atoms with E-state index in [0.717, 1.165) is 0 Å². The molecule has 1 atom stereocenters. The highest BCUT2D eigenvalue weighted by Crippen LogP contribution is 2.47. The van der Waals surface area contributed by atoms with E-state index in [1.165, 1.54) is 33.0 Å². The van der Waals surface area contributed by atoms with E-state index in [2.05, 4.69) is 67.6 Å². The van der Waals surface area contributed by atoms with Gasteiger partial charge in [0.05, 0.1) is 0 Å². The van der Waals surface area contributed by atoms with Crippen LogP contribution in [0.25, 0.3) is 21.9 Å². The molecule has 0 amide bonds. The average molecular weight is 230 g/mol. The molecule has 0 bridgehead atoms. The molecule has 18 heavy (non-hydrogen) atoms. The number of benzene rings is 3. The summed E-state index contributed by atoms with van der Waals surface area (Å²) in [4.78, 5) is 0. The molecule has 0 heterocycles. The van der Waals surface area contributed by atoms with Gasteiger partial charge in [0.15, 0.2) is 0 Å². The molecule has 0 fully saturated rings. The highest BCUT2D eigenvalue weighted by molar-refractivity contribution is 6.01. The number of rotatable bonds is 0. The van der Waals surface area contributed by atoms with Crippen molar-refractivity contribution in [3.05, 3.63) is 71.8 Å². The van der Waals surface area contributed by atoms with Gasteiger partial charge in [0.2, 0.25) is 0 Å². The summed E-state index contributed by atoms with van der Waals surface area (Å²) in [6, 6.07) is 22.0. The number of fused-ring (bicyclic) bond motifs is 5. The molecule has 0 heteroatoms. The topological polar surface area (TPSA) is 0 Å². The molecule has 4 rings (SSSR count). The molecular weight excluding hydrogens is 216 g/mol. The van der Waals surface area contributed by atoms with Crippen molar-refractivity contribution in [2.45, 2.75) is 12.8 Å². The Kier molecular flexibility index (Phi) is 1.90. The number of hydrogen-bond donors (Lipinski definition) is 0. The second kappa shape index (κ2) is 3.46. The maximum atomic E-state index is 2.30. The Morgan fingerprint density at radius 2 is 1.50 bits per heavy atom. The molecule has 0 spiro atoms. The lowest BCUT2D eigenvalue weighted by atomic mass is 9.96. The third-order valence-corrected chi connectivity index (χ3v) is 4.12. The monoisotopic (exact) mass is 230 g/mol. The molecule has 0 radical (unpaired) electrons. The fourth-order valence-electron chi connectivity index (χ4n) is 3.22. The van der Waals surface area contributed by atoms with Crippen LogP contribution < -0.4 is 0 Å². The number of hydrogen-bond acceptors (Lipinski definition) is 0. The normalized spacial score (nSPS) is 16.6. The molecule has 3 aromatic carbocycles. The minimum atomic E-state index is 0.515. The summed E-state index contributed by atoms with van der Waals surface area (Å²) in [7, 11) is 0. The van der Waals surface area contributed by atoms with E-state index in [1.807, 2.05) is 0 Å². The molecule has 0 saturated carbocycles. The summed E-state index contributed by atoms with van der Waals surface area (Å²) < 4.78 is 0. The Balaban J connectivity index is 2.19. The average Bonchev–Trinajstić information content (AvgIpc) is 2.73. The molecule has 1 unspecified atom stereocenters. The quantitative estimate of drug-likeness (QED) is 0.511.